The summed E-state index contributed by atoms with van der Waals surface area (Å²) in [6, 6.07) is 7.11. The van der Waals surface area contributed by atoms with Crippen LogP contribution in [0.1, 0.15) is 31.7 Å². The topological polar surface area (TPSA) is 61.4 Å². The van der Waals surface area contributed by atoms with Crippen LogP contribution in [0.5, 0.6) is 5.75 Å². The number of carbonyl (C=O) groups excluding carboxylic acids is 1. The summed E-state index contributed by atoms with van der Waals surface area (Å²) in [6.07, 6.45) is 2.63. The van der Waals surface area contributed by atoms with E-state index in [1.807, 2.05) is 12.1 Å². The maximum Gasteiger partial charge on any atom is 0.226 e. The van der Waals surface area contributed by atoms with Crippen molar-refractivity contribution in [2.24, 2.45) is 5.41 Å². The molecule has 19 heavy (non-hydrogen) atoms. The molecule has 0 aromatic heterocycles. The van der Waals surface area contributed by atoms with E-state index in [1.54, 1.807) is 12.1 Å². The lowest BCUT2D eigenvalue weighted by Crippen LogP contribution is -2.47. The zero-order valence-electron chi connectivity index (χ0n) is 11.4. The van der Waals surface area contributed by atoms with Crippen LogP contribution in [-0.2, 0) is 11.3 Å². The van der Waals surface area contributed by atoms with Gasteiger partial charge < -0.3 is 15.7 Å². The van der Waals surface area contributed by atoms with Gasteiger partial charge in [-0.15, -0.1) is 0 Å². The van der Waals surface area contributed by atoms with E-state index in [1.165, 1.54) is 0 Å². The second-order valence-corrected chi connectivity index (χ2v) is 5.20. The SMILES string of the molecule is CCC1(C(=O)NCc2ccccc2O)CCNCC1. The van der Waals surface area contributed by atoms with Crippen molar-refractivity contribution in [2.75, 3.05) is 13.1 Å². The average Bonchev–Trinajstić information content (AvgIpc) is 2.46. The van der Waals surface area contributed by atoms with Crippen LogP contribution in [0, 0.1) is 5.41 Å². The second kappa shape index (κ2) is 6.06. The lowest BCUT2D eigenvalue weighted by Gasteiger charge is -2.35. The largest absolute Gasteiger partial charge is 0.508 e. The highest BCUT2D eigenvalue weighted by Crippen LogP contribution is 2.32. The van der Waals surface area contributed by atoms with Crippen molar-refractivity contribution in [1.82, 2.24) is 10.6 Å². The molecule has 4 nitrogen and oxygen atoms in total. The molecular formula is C15H22N2O2. The van der Waals surface area contributed by atoms with Crippen molar-refractivity contribution in [3.63, 3.8) is 0 Å². The van der Waals surface area contributed by atoms with Crippen molar-refractivity contribution in [3.05, 3.63) is 29.8 Å². The van der Waals surface area contributed by atoms with E-state index in [0.29, 0.717) is 6.54 Å². The third-order valence-electron chi connectivity index (χ3n) is 4.15. The summed E-state index contributed by atoms with van der Waals surface area (Å²) in [5.74, 6) is 0.346. The first-order valence-electron chi connectivity index (χ1n) is 6.94. The minimum absolute atomic E-state index is 0.111. The van der Waals surface area contributed by atoms with Crippen LogP contribution in [0.2, 0.25) is 0 Å². The van der Waals surface area contributed by atoms with Crippen LogP contribution >= 0.6 is 0 Å². The van der Waals surface area contributed by atoms with E-state index in [-0.39, 0.29) is 17.1 Å². The number of amides is 1. The normalized spacial score (nSPS) is 17.9. The Morgan fingerprint density at radius 1 is 1.37 bits per heavy atom. The van der Waals surface area contributed by atoms with Crippen molar-refractivity contribution in [3.8, 4) is 5.75 Å². The first kappa shape index (κ1) is 13.9. The van der Waals surface area contributed by atoms with Crippen LogP contribution in [0.3, 0.4) is 0 Å². The van der Waals surface area contributed by atoms with Gasteiger partial charge in [0.25, 0.3) is 0 Å². The lowest BCUT2D eigenvalue weighted by atomic mass is 9.76. The number of phenolic OH excluding ortho intramolecular Hbond substituents is 1. The number of benzene rings is 1. The number of carbonyl (C=O) groups is 1. The number of hydrogen-bond acceptors (Lipinski definition) is 3. The quantitative estimate of drug-likeness (QED) is 0.775. The molecule has 1 heterocycles. The van der Waals surface area contributed by atoms with Crippen LogP contribution < -0.4 is 10.6 Å². The maximum atomic E-state index is 12.4. The Morgan fingerprint density at radius 3 is 2.68 bits per heavy atom. The summed E-state index contributed by atoms with van der Waals surface area (Å²) in [7, 11) is 0. The molecule has 3 N–H and O–H groups in total. The molecular weight excluding hydrogens is 240 g/mol. The molecule has 1 aliphatic rings. The molecule has 0 radical (unpaired) electrons. The highest BCUT2D eigenvalue weighted by atomic mass is 16.3. The van der Waals surface area contributed by atoms with Crippen LogP contribution in [-0.4, -0.2) is 24.1 Å². The summed E-state index contributed by atoms with van der Waals surface area (Å²) < 4.78 is 0. The Balaban J connectivity index is 1.98. The van der Waals surface area contributed by atoms with E-state index in [4.69, 9.17) is 0 Å². The summed E-state index contributed by atoms with van der Waals surface area (Å²) in [5, 5.41) is 16.0. The third kappa shape index (κ3) is 3.07. The molecule has 0 saturated carbocycles. The molecule has 1 aromatic rings. The van der Waals surface area contributed by atoms with Gasteiger partial charge in [0.1, 0.15) is 5.75 Å². The molecule has 1 aromatic carbocycles. The van der Waals surface area contributed by atoms with Crippen molar-refractivity contribution < 1.29 is 9.90 Å². The van der Waals surface area contributed by atoms with Crippen molar-refractivity contribution in [2.45, 2.75) is 32.7 Å². The fourth-order valence-electron chi connectivity index (χ4n) is 2.67. The molecule has 0 aliphatic carbocycles. The number of rotatable bonds is 4. The molecule has 0 bridgehead atoms. The fraction of sp³-hybridized carbons (Fsp3) is 0.533. The zero-order chi connectivity index (χ0) is 13.7. The van der Waals surface area contributed by atoms with Gasteiger partial charge in [0, 0.05) is 12.1 Å². The maximum absolute atomic E-state index is 12.4. The molecule has 0 unspecified atom stereocenters. The van der Waals surface area contributed by atoms with Gasteiger partial charge in [-0.2, -0.15) is 0 Å². The number of phenols is 1. The van der Waals surface area contributed by atoms with Gasteiger partial charge in [0.15, 0.2) is 0 Å². The van der Waals surface area contributed by atoms with Crippen molar-refractivity contribution >= 4 is 5.91 Å². The number of hydrogen-bond donors (Lipinski definition) is 3. The van der Waals surface area contributed by atoms with E-state index in [0.717, 1.165) is 37.9 Å². The monoisotopic (exact) mass is 262 g/mol. The highest BCUT2D eigenvalue weighted by molar-refractivity contribution is 5.82. The van der Waals surface area contributed by atoms with E-state index < -0.39 is 0 Å². The molecule has 0 atom stereocenters. The second-order valence-electron chi connectivity index (χ2n) is 5.20. The summed E-state index contributed by atoms with van der Waals surface area (Å²) in [5.41, 5.74) is 0.520. The number of nitrogens with one attached hydrogen (secondary N) is 2. The smallest absolute Gasteiger partial charge is 0.226 e. The number of aromatic hydroxyl groups is 1. The van der Waals surface area contributed by atoms with Gasteiger partial charge in [-0.1, -0.05) is 25.1 Å². The minimum atomic E-state index is -0.240. The molecule has 4 heteroatoms. The molecule has 104 valence electrons. The van der Waals surface area contributed by atoms with Crippen LogP contribution in [0.25, 0.3) is 0 Å². The Kier molecular flexibility index (Phi) is 4.43. The average molecular weight is 262 g/mol. The first-order chi connectivity index (χ1) is 9.18. The van der Waals surface area contributed by atoms with Gasteiger partial charge in [-0.3, -0.25) is 4.79 Å². The zero-order valence-corrected chi connectivity index (χ0v) is 11.4. The van der Waals surface area contributed by atoms with Gasteiger partial charge in [-0.05, 0) is 38.4 Å². The Labute approximate surface area is 114 Å². The Bertz CT molecular complexity index is 440. The number of piperidine rings is 1. The molecule has 1 saturated heterocycles. The first-order valence-corrected chi connectivity index (χ1v) is 6.94. The molecule has 1 amide bonds. The van der Waals surface area contributed by atoms with E-state index in [9.17, 15) is 9.90 Å². The van der Waals surface area contributed by atoms with Crippen LogP contribution in [0.15, 0.2) is 24.3 Å². The Hall–Kier alpha value is -1.55. The molecule has 1 fully saturated rings. The molecule has 0 spiro atoms. The summed E-state index contributed by atoms with van der Waals surface area (Å²) in [6.45, 7) is 4.27. The third-order valence-corrected chi connectivity index (χ3v) is 4.15. The Morgan fingerprint density at radius 2 is 2.05 bits per heavy atom. The highest BCUT2D eigenvalue weighted by Gasteiger charge is 2.37. The lowest BCUT2D eigenvalue weighted by molar-refractivity contribution is -0.133. The molecule has 2 rings (SSSR count). The van der Waals surface area contributed by atoms with Crippen LogP contribution in [0.4, 0.5) is 0 Å². The van der Waals surface area contributed by atoms with Gasteiger partial charge in [-0.25, -0.2) is 0 Å². The summed E-state index contributed by atoms with van der Waals surface area (Å²) >= 11 is 0. The number of para-hydroxylation sites is 1. The predicted octanol–water partition coefficient (Wildman–Crippen LogP) is 1.79. The van der Waals surface area contributed by atoms with Gasteiger partial charge >= 0.3 is 0 Å². The standard InChI is InChI=1S/C15H22N2O2/c1-2-15(7-9-16-10-8-15)14(19)17-11-12-5-3-4-6-13(12)18/h3-6,16,18H,2,7-11H2,1H3,(H,17,19). The fourth-order valence-corrected chi connectivity index (χ4v) is 2.67. The van der Waals surface area contributed by atoms with Crippen molar-refractivity contribution in [1.29, 1.82) is 0 Å². The van der Waals surface area contributed by atoms with E-state index >= 15 is 0 Å². The molecule has 1 aliphatic heterocycles. The van der Waals surface area contributed by atoms with E-state index in [2.05, 4.69) is 17.6 Å². The minimum Gasteiger partial charge on any atom is -0.508 e. The van der Waals surface area contributed by atoms with Gasteiger partial charge in [0.05, 0.1) is 5.41 Å². The predicted molar refractivity (Wildman–Crippen MR) is 74.8 cm³/mol. The summed E-state index contributed by atoms with van der Waals surface area (Å²) in [4.78, 5) is 12.4. The van der Waals surface area contributed by atoms with Gasteiger partial charge in [0.2, 0.25) is 5.91 Å².